The molecule has 2 aliphatic carbocycles. The average Bonchev–Trinajstić information content (AvgIpc) is 3.19. The van der Waals surface area contributed by atoms with Crippen LogP contribution >= 0.6 is 0 Å². The summed E-state index contributed by atoms with van der Waals surface area (Å²) in [7, 11) is 0. The van der Waals surface area contributed by atoms with Gasteiger partial charge in [0.25, 0.3) is 0 Å². The van der Waals surface area contributed by atoms with Gasteiger partial charge in [-0.1, -0.05) is 32.1 Å². The Morgan fingerprint density at radius 3 is 2.67 bits per heavy atom. The van der Waals surface area contributed by atoms with E-state index in [-0.39, 0.29) is 0 Å². The van der Waals surface area contributed by atoms with Crippen LogP contribution in [0, 0.1) is 17.8 Å². The number of carbonyl (C=O) groups excluding carboxylic acids is 1. The van der Waals surface area contributed by atoms with E-state index in [1.165, 1.54) is 56.5 Å². The molecule has 5 aliphatic rings. The van der Waals surface area contributed by atoms with Crippen LogP contribution in [0.15, 0.2) is 6.20 Å². The summed E-state index contributed by atoms with van der Waals surface area (Å²) < 4.78 is 0. The van der Waals surface area contributed by atoms with Crippen molar-refractivity contribution in [3.05, 3.63) is 17.7 Å². The monoisotopic (exact) mass is 370 g/mol. The van der Waals surface area contributed by atoms with Crippen molar-refractivity contribution >= 4 is 5.91 Å². The highest BCUT2D eigenvalue weighted by atomic mass is 16.2. The largest absolute Gasteiger partial charge is 0.345 e. The first kappa shape index (κ1) is 17.7. The Bertz CT molecular complexity index is 661. The molecule has 0 unspecified atom stereocenters. The van der Waals surface area contributed by atoms with Gasteiger partial charge >= 0.3 is 0 Å². The van der Waals surface area contributed by atoms with Gasteiger partial charge < -0.3 is 9.88 Å². The molecule has 5 heteroatoms. The van der Waals surface area contributed by atoms with Crippen LogP contribution in [0.5, 0.6) is 0 Å². The zero-order valence-corrected chi connectivity index (χ0v) is 16.5. The molecule has 148 valence electrons. The van der Waals surface area contributed by atoms with Gasteiger partial charge in [0, 0.05) is 56.5 Å². The van der Waals surface area contributed by atoms with Crippen molar-refractivity contribution in [1.82, 2.24) is 19.8 Å². The maximum atomic E-state index is 12.8. The van der Waals surface area contributed by atoms with Crippen molar-refractivity contribution < 1.29 is 4.79 Å². The second kappa shape index (κ2) is 7.57. The summed E-state index contributed by atoms with van der Waals surface area (Å²) >= 11 is 0. The quantitative estimate of drug-likeness (QED) is 0.865. The third-order valence-corrected chi connectivity index (χ3v) is 7.60. The highest BCUT2D eigenvalue weighted by Gasteiger charge is 2.39. The maximum absolute atomic E-state index is 12.8. The Balaban J connectivity index is 1.21. The van der Waals surface area contributed by atoms with Crippen LogP contribution in [0.1, 0.15) is 69.3 Å². The summed E-state index contributed by atoms with van der Waals surface area (Å²) in [6, 6.07) is 0.523. The number of rotatable bonds is 5. The van der Waals surface area contributed by atoms with Crippen LogP contribution in [-0.2, 0) is 17.8 Å². The molecule has 2 saturated carbocycles. The van der Waals surface area contributed by atoms with Crippen LogP contribution in [0.4, 0.5) is 0 Å². The first-order valence-corrected chi connectivity index (χ1v) is 11.3. The van der Waals surface area contributed by atoms with E-state index in [1.54, 1.807) is 0 Å². The Morgan fingerprint density at radius 2 is 1.89 bits per heavy atom. The number of aromatic amines is 1. The van der Waals surface area contributed by atoms with Gasteiger partial charge in [-0.3, -0.25) is 9.69 Å². The summed E-state index contributed by atoms with van der Waals surface area (Å²) in [5.74, 6) is 3.44. The number of imidazole rings is 1. The second-order valence-electron chi connectivity index (χ2n) is 9.61. The van der Waals surface area contributed by atoms with Crippen LogP contribution < -0.4 is 0 Å². The van der Waals surface area contributed by atoms with Crippen molar-refractivity contribution in [2.24, 2.45) is 17.8 Å². The Labute approximate surface area is 162 Å². The van der Waals surface area contributed by atoms with Crippen molar-refractivity contribution in [3.63, 3.8) is 0 Å². The highest BCUT2D eigenvalue weighted by Crippen LogP contribution is 2.33. The number of fused-ring (bicyclic) bond motifs is 4. The Hall–Kier alpha value is -1.36. The normalized spacial score (nSPS) is 29.9. The third-order valence-electron chi connectivity index (χ3n) is 7.60. The molecule has 0 aromatic carbocycles. The number of carbonyl (C=O) groups is 1. The molecule has 2 bridgehead atoms. The molecule has 5 fully saturated rings. The lowest BCUT2D eigenvalue weighted by Gasteiger charge is -2.35. The molecule has 1 N–H and O–H groups in total. The van der Waals surface area contributed by atoms with Crippen LogP contribution in [0.3, 0.4) is 0 Å². The minimum Gasteiger partial charge on any atom is -0.345 e. The van der Waals surface area contributed by atoms with Crippen molar-refractivity contribution in [3.8, 4) is 0 Å². The number of nitrogens with one attached hydrogen (secondary N) is 1. The molecule has 5 nitrogen and oxygen atoms in total. The fourth-order valence-corrected chi connectivity index (χ4v) is 5.76. The third kappa shape index (κ3) is 3.80. The topological polar surface area (TPSA) is 52.2 Å². The van der Waals surface area contributed by atoms with E-state index >= 15 is 0 Å². The number of aromatic nitrogens is 2. The van der Waals surface area contributed by atoms with E-state index in [9.17, 15) is 4.79 Å². The number of hydrogen-bond acceptors (Lipinski definition) is 3. The molecule has 6 rings (SSSR count). The summed E-state index contributed by atoms with van der Waals surface area (Å²) in [5.41, 5.74) is 1.26. The molecule has 4 heterocycles. The van der Waals surface area contributed by atoms with Gasteiger partial charge in [-0.2, -0.15) is 0 Å². The lowest BCUT2D eigenvalue weighted by atomic mass is 9.84. The highest BCUT2D eigenvalue weighted by molar-refractivity contribution is 5.79. The first-order valence-electron chi connectivity index (χ1n) is 11.3. The molecule has 0 spiro atoms. The van der Waals surface area contributed by atoms with E-state index in [4.69, 9.17) is 0 Å². The molecule has 27 heavy (non-hydrogen) atoms. The molecule has 0 radical (unpaired) electrons. The molecule has 1 amide bonds. The summed E-state index contributed by atoms with van der Waals surface area (Å²) in [5, 5.41) is 0. The zero-order valence-electron chi connectivity index (χ0n) is 16.5. The maximum Gasteiger partial charge on any atom is 0.225 e. The van der Waals surface area contributed by atoms with Crippen LogP contribution in [-0.4, -0.2) is 51.4 Å². The van der Waals surface area contributed by atoms with E-state index in [0.29, 0.717) is 23.8 Å². The number of nitrogens with zero attached hydrogens (tertiary/aromatic N) is 3. The van der Waals surface area contributed by atoms with Gasteiger partial charge in [0.15, 0.2) is 0 Å². The van der Waals surface area contributed by atoms with Crippen LogP contribution in [0.25, 0.3) is 0 Å². The van der Waals surface area contributed by atoms with E-state index in [0.717, 1.165) is 51.4 Å². The van der Waals surface area contributed by atoms with Crippen molar-refractivity contribution in [2.75, 3.05) is 19.6 Å². The van der Waals surface area contributed by atoms with Gasteiger partial charge in [-0.25, -0.2) is 4.98 Å². The fraction of sp³-hybridized carbons (Fsp3) is 0.818. The molecule has 3 aliphatic heterocycles. The summed E-state index contributed by atoms with van der Waals surface area (Å²) in [6.45, 7) is 4.02. The average molecular weight is 371 g/mol. The zero-order chi connectivity index (χ0) is 18.2. The number of piperidine rings is 1. The summed E-state index contributed by atoms with van der Waals surface area (Å²) in [4.78, 5) is 25.9. The van der Waals surface area contributed by atoms with Crippen LogP contribution in [0.2, 0.25) is 0 Å². The lowest BCUT2D eigenvalue weighted by molar-refractivity contribution is -0.138. The predicted octanol–water partition coefficient (Wildman–Crippen LogP) is 3.37. The molecular formula is C22H34N4O. The molecule has 3 saturated heterocycles. The van der Waals surface area contributed by atoms with E-state index < -0.39 is 0 Å². The SMILES string of the molecule is O=C(C1CCC1)N1C[C@@H]2CC[C@H](C1)N(Cc1cnc(CC3CCCC3)[nH]1)C2. The standard InChI is InChI=1S/C22H34N4O/c27-22(18-6-3-7-18)26-13-17-8-9-20(15-26)25(12-17)14-19-11-23-21(24-19)10-16-4-1-2-5-16/h11,16-18,20H,1-10,12-15H2,(H,23,24)/t17-,20-/m1/s1. The Morgan fingerprint density at radius 1 is 1.04 bits per heavy atom. The number of H-pyrrole nitrogens is 1. The first-order chi connectivity index (χ1) is 13.2. The van der Waals surface area contributed by atoms with Crippen molar-refractivity contribution in [1.29, 1.82) is 0 Å². The minimum absolute atomic E-state index is 0.335. The second-order valence-corrected chi connectivity index (χ2v) is 9.61. The van der Waals surface area contributed by atoms with Gasteiger partial charge in [0.05, 0.1) is 0 Å². The van der Waals surface area contributed by atoms with Gasteiger partial charge in [-0.15, -0.1) is 0 Å². The predicted molar refractivity (Wildman–Crippen MR) is 105 cm³/mol. The molecular weight excluding hydrogens is 336 g/mol. The smallest absolute Gasteiger partial charge is 0.225 e. The molecule has 1 aromatic rings. The number of hydrogen-bond donors (Lipinski definition) is 1. The van der Waals surface area contributed by atoms with Crippen molar-refractivity contribution in [2.45, 2.75) is 76.8 Å². The van der Waals surface area contributed by atoms with Gasteiger partial charge in [0.2, 0.25) is 5.91 Å². The summed E-state index contributed by atoms with van der Waals surface area (Å²) in [6.07, 6.45) is 14.7. The lowest BCUT2D eigenvalue weighted by Crippen LogP contribution is -2.45. The van der Waals surface area contributed by atoms with Gasteiger partial charge in [0.1, 0.15) is 5.82 Å². The molecule has 1 aromatic heterocycles. The van der Waals surface area contributed by atoms with Gasteiger partial charge in [-0.05, 0) is 37.5 Å². The van der Waals surface area contributed by atoms with E-state index in [2.05, 4.69) is 26.0 Å². The Kier molecular flexibility index (Phi) is 4.97. The molecule has 2 atom stereocenters. The number of amides is 1. The fourth-order valence-electron chi connectivity index (χ4n) is 5.76. The minimum atomic E-state index is 0.335. The van der Waals surface area contributed by atoms with E-state index in [1.807, 2.05) is 0 Å².